The second kappa shape index (κ2) is 6.37. The summed E-state index contributed by atoms with van der Waals surface area (Å²) in [5, 5.41) is 8.35. The highest BCUT2D eigenvalue weighted by atomic mass is 32.2. The Bertz CT molecular complexity index is 386. The van der Waals surface area contributed by atoms with Crippen LogP contribution in [0, 0.1) is 0 Å². The van der Waals surface area contributed by atoms with Crippen molar-refractivity contribution in [1.29, 1.82) is 0 Å². The van der Waals surface area contributed by atoms with Crippen LogP contribution in [0.2, 0.25) is 0 Å². The molecule has 4 N–H and O–H groups in total. The number of nitrogens with two attached hydrogens (primary N) is 2. The summed E-state index contributed by atoms with van der Waals surface area (Å²) >= 11 is 0. The molecule has 0 aromatic rings. The van der Waals surface area contributed by atoms with Crippen molar-refractivity contribution in [1.82, 2.24) is 0 Å². The van der Waals surface area contributed by atoms with Crippen LogP contribution < -0.4 is 10.3 Å². The fourth-order valence-corrected chi connectivity index (χ4v) is 1.04. The number of hydrogen-bond acceptors (Lipinski definition) is 4. The average molecular weight is 286 g/mol. The molecule has 0 aliphatic carbocycles. The van der Waals surface area contributed by atoms with Gasteiger partial charge in [-0.2, -0.15) is 13.2 Å². The van der Waals surface area contributed by atoms with Gasteiger partial charge in [-0.3, -0.25) is 0 Å². The van der Waals surface area contributed by atoms with Gasteiger partial charge in [0.15, 0.2) is 0 Å². The van der Waals surface area contributed by atoms with Crippen LogP contribution in [-0.4, -0.2) is 28.1 Å². The first-order valence-electron chi connectivity index (χ1n) is 3.90. The van der Waals surface area contributed by atoms with Gasteiger partial charge in [0.25, 0.3) is 0 Å². The van der Waals surface area contributed by atoms with Crippen LogP contribution in [0.4, 0.5) is 13.2 Å². The number of hydrogen-bond donors (Lipinski definition) is 2. The van der Waals surface area contributed by atoms with E-state index in [4.69, 9.17) is 5.14 Å². The smallest absolute Gasteiger partial charge is 0.229 e. The highest BCUT2D eigenvalue weighted by Crippen LogP contribution is 2.18. The van der Waals surface area contributed by atoms with E-state index in [1.54, 1.807) is 0 Å². The van der Waals surface area contributed by atoms with E-state index in [1.165, 1.54) is 0 Å². The first kappa shape index (κ1) is 18.0. The van der Waals surface area contributed by atoms with Crippen molar-refractivity contribution in [2.24, 2.45) is 10.3 Å². The summed E-state index contributed by atoms with van der Waals surface area (Å²) in [4.78, 5) is 0. The molecule has 0 amide bonds. The van der Waals surface area contributed by atoms with Crippen LogP contribution in [0.25, 0.3) is 0 Å². The quantitative estimate of drug-likeness (QED) is 0.750. The Hall–Kier alpha value is -0.390. The maximum atomic E-state index is 10.8. The SMILES string of the molecule is CCCCS(N)(=O)=O.NS(=O)(=O)C(F)(F)F. The number of rotatable bonds is 3. The first-order chi connectivity index (χ1) is 6.81. The van der Waals surface area contributed by atoms with Gasteiger partial charge in [0.2, 0.25) is 10.0 Å². The molecular formula is C5H13F3N2O4S2. The maximum absolute atomic E-state index is 10.8. The number of primary sulfonamides is 2. The predicted octanol–water partition coefficient (Wildman–Crippen LogP) is -0.130. The molecule has 0 radical (unpaired) electrons. The molecule has 0 rings (SSSR count). The van der Waals surface area contributed by atoms with Gasteiger partial charge in [-0.15, -0.1) is 0 Å². The topological polar surface area (TPSA) is 120 Å². The zero-order valence-corrected chi connectivity index (χ0v) is 9.99. The molecular weight excluding hydrogens is 273 g/mol. The fraction of sp³-hybridized carbons (Fsp3) is 1.00. The predicted molar refractivity (Wildman–Crippen MR) is 52.0 cm³/mol. The number of unbranched alkanes of at least 4 members (excludes halogenated alkanes) is 1. The summed E-state index contributed by atoms with van der Waals surface area (Å²) in [6, 6.07) is 0. The highest BCUT2D eigenvalue weighted by Gasteiger charge is 2.42. The fourth-order valence-electron chi connectivity index (χ4n) is 0.346. The normalized spacial score (nSPS) is 12.9. The molecule has 6 nitrogen and oxygen atoms in total. The minimum Gasteiger partial charge on any atom is -0.229 e. The number of sulfonamides is 2. The number of alkyl halides is 3. The Kier molecular flexibility index (Phi) is 7.16. The zero-order chi connectivity index (χ0) is 13.6. The molecule has 0 fully saturated rings. The lowest BCUT2D eigenvalue weighted by atomic mass is 10.4. The minimum atomic E-state index is -5.34. The summed E-state index contributed by atoms with van der Waals surface area (Å²) in [6.45, 7) is 1.92. The summed E-state index contributed by atoms with van der Waals surface area (Å²) in [7, 11) is -8.53. The van der Waals surface area contributed by atoms with Crippen LogP contribution in [0.3, 0.4) is 0 Å². The standard InChI is InChI=1S/C4H11NO2S.CH2F3NO2S/c1-2-3-4-8(5,6)7;2-1(3,4)8(5,6)7/h2-4H2,1H3,(H2,5,6,7);(H2,5,6,7). The van der Waals surface area contributed by atoms with Gasteiger partial charge in [-0.05, 0) is 6.42 Å². The molecule has 0 aliphatic rings. The zero-order valence-electron chi connectivity index (χ0n) is 8.36. The van der Waals surface area contributed by atoms with Crippen molar-refractivity contribution in [3.8, 4) is 0 Å². The summed E-state index contributed by atoms with van der Waals surface area (Å²) in [5.74, 6) is 0.115. The van der Waals surface area contributed by atoms with Gasteiger partial charge in [0.1, 0.15) is 0 Å². The molecule has 16 heavy (non-hydrogen) atoms. The van der Waals surface area contributed by atoms with Crippen molar-refractivity contribution in [3.63, 3.8) is 0 Å². The van der Waals surface area contributed by atoms with Crippen LogP contribution in [0.15, 0.2) is 0 Å². The molecule has 0 bridgehead atoms. The van der Waals surface area contributed by atoms with Gasteiger partial charge >= 0.3 is 15.5 Å². The monoisotopic (exact) mass is 286 g/mol. The molecule has 0 aliphatic heterocycles. The average Bonchev–Trinajstić information content (AvgIpc) is 1.96. The van der Waals surface area contributed by atoms with E-state index in [9.17, 15) is 30.0 Å². The van der Waals surface area contributed by atoms with Crippen molar-refractivity contribution in [3.05, 3.63) is 0 Å². The van der Waals surface area contributed by atoms with Gasteiger partial charge in [-0.25, -0.2) is 27.1 Å². The van der Waals surface area contributed by atoms with E-state index in [1.807, 2.05) is 6.92 Å². The van der Waals surface area contributed by atoms with Gasteiger partial charge in [-0.1, -0.05) is 13.3 Å². The van der Waals surface area contributed by atoms with Crippen molar-refractivity contribution >= 4 is 20.0 Å². The Balaban J connectivity index is 0. The largest absolute Gasteiger partial charge is 0.511 e. The molecule has 0 spiro atoms. The lowest BCUT2D eigenvalue weighted by Crippen LogP contribution is -2.30. The van der Waals surface area contributed by atoms with E-state index >= 15 is 0 Å². The molecule has 0 saturated carbocycles. The van der Waals surface area contributed by atoms with Gasteiger partial charge in [0.05, 0.1) is 5.75 Å². The lowest BCUT2D eigenvalue weighted by molar-refractivity contribution is -0.0436. The number of halogens is 3. The summed E-state index contributed by atoms with van der Waals surface area (Å²) in [6.07, 6.45) is 1.54. The third-order valence-electron chi connectivity index (χ3n) is 1.11. The molecule has 11 heteroatoms. The molecule has 100 valence electrons. The van der Waals surface area contributed by atoms with E-state index < -0.39 is 25.6 Å². The molecule has 0 atom stereocenters. The lowest BCUT2D eigenvalue weighted by Gasteiger charge is -1.98. The van der Waals surface area contributed by atoms with Crippen LogP contribution in [-0.2, 0) is 20.0 Å². The van der Waals surface area contributed by atoms with Crippen LogP contribution >= 0.6 is 0 Å². The Morgan fingerprint density at radius 3 is 1.44 bits per heavy atom. The maximum Gasteiger partial charge on any atom is 0.511 e. The third kappa shape index (κ3) is 11.7. The van der Waals surface area contributed by atoms with Crippen molar-refractivity contribution < 1.29 is 30.0 Å². The molecule has 0 unspecified atom stereocenters. The van der Waals surface area contributed by atoms with E-state index in [0.717, 1.165) is 6.42 Å². The van der Waals surface area contributed by atoms with Gasteiger partial charge in [0, 0.05) is 0 Å². The second-order valence-corrected chi connectivity index (χ2v) is 6.00. The Morgan fingerprint density at radius 1 is 1.06 bits per heavy atom. The van der Waals surface area contributed by atoms with E-state index in [0.29, 0.717) is 6.42 Å². The summed E-state index contributed by atoms with van der Waals surface area (Å²) in [5.41, 5.74) is -5.31. The Labute approximate surface area is 91.9 Å². The first-order valence-corrected chi connectivity index (χ1v) is 7.17. The molecule has 0 heterocycles. The van der Waals surface area contributed by atoms with Gasteiger partial charge < -0.3 is 0 Å². The summed E-state index contributed by atoms with van der Waals surface area (Å²) < 4.78 is 71.5. The van der Waals surface area contributed by atoms with E-state index in [-0.39, 0.29) is 5.75 Å². The van der Waals surface area contributed by atoms with Crippen molar-refractivity contribution in [2.75, 3.05) is 5.75 Å². The molecule has 0 saturated heterocycles. The van der Waals surface area contributed by atoms with E-state index in [2.05, 4.69) is 5.14 Å². The minimum absolute atomic E-state index is 0.115. The Morgan fingerprint density at radius 2 is 1.38 bits per heavy atom. The second-order valence-electron chi connectivity index (χ2n) is 2.71. The molecule has 0 aromatic carbocycles. The molecule has 0 aromatic heterocycles. The van der Waals surface area contributed by atoms with Crippen LogP contribution in [0.5, 0.6) is 0 Å². The third-order valence-corrected chi connectivity index (χ3v) is 2.61. The van der Waals surface area contributed by atoms with Crippen molar-refractivity contribution in [2.45, 2.75) is 25.3 Å². The van der Waals surface area contributed by atoms with Crippen LogP contribution in [0.1, 0.15) is 19.8 Å². The highest BCUT2D eigenvalue weighted by molar-refractivity contribution is 7.90.